The van der Waals surface area contributed by atoms with Crippen molar-refractivity contribution in [3.8, 4) is 0 Å². The second-order valence-corrected chi connectivity index (χ2v) is 5.68. The van der Waals surface area contributed by atoms with Crippen molar-refractivity contribution < 1.29 is 4.74 Å². The number of rotatable bonds is 6. The molecule has 0 spiro atoms. The molecule has 1 aromatic carbocycles. The Hall–Kier alpha value is -1.49. The summed E-state index contributed by atoms with van der Waals surface area (Å²) in [4.78, 5) is 4.33. The van der Waals surface area contributed by atoms with Crippen LogP contribution >= 0.6 is 0 Å². The van der Waals surface area contributed by atoms with Crippen molar-refractivity contribution in [3.05, 3.63) is 42.1 Å². The Morgan fingerprint density at radius 1 is 1.35 bits per heavy atom. The number of nitrogens with one attached hydrogen (secondary N) is 1. The molecule has 1 atom stereocenters. The molecule has 20 heavy (non-hydrogen) atoms. The maximum Gasteiger partial charge on any atom is 0.0702 e. The lowest BCUT2D eigenvalue weighted by Crippen LogP contribution is -2.31. The van der Waals surface area contributed by atoms with E-state index in [0.29, 0.717) is 0 Å². The van der Waals surface area contributed by atoms with Crippen LogP contribution in [0.25, 0.3) is 10.9 Å². The molecule has 0 saturated carbocycles. The Labute approximate surface area is 120 Å². The van der Waals surface area contributed by atoms with Crippen molar-refractivity contribution in [1.29, 1.82) is 0 Å². The number of ether oxygens (including phenoxy) is 1. The summed E-state index contributed by atoms with van der Waals surface area (Å²) < 4.78 is 5.46. The molecule has 0 aliphatic carbocycles. The van der Waals surface area contributed by atoms with Crippen LogP contribution in [-0.2, 0) is 4.74 Å². The standard InChI is InChI=1S/C16H23N3O/c1-16(2,20-3)9-8-15(19-17)13-6-7-14-12(11-13)5-4-10-18-14/h4-7,10-11,15,19H,8-9,17H2,1-3H3. The molecule has 0 aliphatic heterocycles. The first-order chi connectivity index (χ1) is 9.55. The summed E-state index contributed by atoms with van der Waals surface area (Å²) in [6.45, 7) is 4.18. The zero-order valence-corrected chi connectivity index (χ0v) is 12.4. The van der Waals surface area contributed by atoms with Gasteiger partial charge in [-0.1, -0.05) is 12.1 Å². The second-order valence-electron chi connectivity index (χ2n) is 5.68. The number of methoxy groups -OCH3 is 1. The van der Waals surface area contributed by atoms with E-state index in [0.717, 1.165) is 23.7 Å². The Kier molecular flexibility index (Phi) is 4.70. The van der Waals surface area contributed by atoms with Gasteiger partial charge in [-0.15, -0.1) is 0 Å². The zero-order valence-electron chi connectivity index (χ0n) is 12.4. The molecule has 0 aliphatic rings. The summed E-state index contributed by atoms with van der Waals surface area (Å²) in [5.74, 6) is 5.71. The average molecular weight is 273 g/mol. The highest BCUT2D eigenvalue weighted by Crippen LogP contribution is 2.25. The molecular formula is C16H23N3O. The van der Waals surface area contributed by atoms with E-state index < -0.39 is 0 Å². The number of nitrogens with zero attached hydrogens (tertiary/aromatic N) is 1. The summed E-state index contributed by atoms with van der Waals surface area (Å²) in [6.07, 6.45) is 3.66. The topological polar surface area (TPSA) is 60.2 Å². The number of hydrogen-bond donors (Lipinski definition) is 2. The fourth-order valence-corrected chi connectivity index (χ4v) is 2.25. The molecule has 0 radical (unpaired) electrons. The van der Waals surface area contributed by atoms with Crippen molar-refractivity contribution in [2.75, 3.05) is 7.11 Å². The summed E-state index contributed by atoms with van der Waals surface area (Å²) in [5.41, 5.74) is 4.96. The van der Waals surface area contributed by atoms with E-state index in [1.54, 1.807) is 7.11 Å². The smallest absolute Gasteiger partial charge is 0.0702 e. The quantitative estimate of drug-likeness (QED) is 0.627. The zero-order chi connectivity index (χ0) is 14.6. The van der Waals surface area contributed by atoms with E-state index in [-0.39, 0.29) is 11.6 Å². The summed E-state index contributed by atoms with van der Waals surface area (Å²) in [5, 5.41) is 1.14. The molecule has 2 rings (SSSR count). The van der Waals surface area contributed by atoms with Gasteiger partial charge in [-0.05, 0) is 50.5 Å². The van der Waals surface area contributed by atoms with Crippen molar-refractivity contribution in [1.82, 2.24) is 10.4 Å². The van der Waals surface area contributed by atoms with E-state index in [2.05, 4.69) is 42.5 Å². The molecule has 1 aromatic heterocycles. The SMILES string of the molecule is COC(C)(C)CCC(NN)c1ccc2ncccc2c1. The van der Waals surface area contributed by atoms with Gasteiger partial charge >= 0.3 is 0 Å². The van der Waals surface area contributed by atoms with Crippen LogP contribution in [-0.4, -0.2) is 17.7 Å². The Balaban J connectivity index is 2.17. The molecule has 4 nitrogen and oxygen atoms in total. The van der Waals surface area contributed by atoms with Crippen molar-refractivity contribution in [2.45, 2.75) is 38.3 Å². The summed E-state index contributed by atoms with van der Waals surface area (Å²) in [7, 11) is 1.74. The predicted molar refractivity (Wildman–Crippen MR) is 82.1 cm³/mol. The number of nitrogens with two attached hydrogens (primary N) is 1. The van der Waals surface area contributed by atoms with Gasteiger partial charge in [0.05, 0.1) is 11.1 Å². The second kappa shape index (κ2) is 6.31. The lowest BCUT2D eigenvalue weighted by Gasteiger charge is -2.26. The number of benzene rings is 1. The van der Waals surface area contributed by atoms with Gasteiger partial charge in [0, 0.05) is 24.7 Å². The first-order valence-corrected chi connectivity index (χ1v) is 6.92. The van der Waals surface area contributed by atoms with Crippen molar-refractivity contribution in [2.24, 2.45) is 5.84 Å². The molecule has 0 fully saturated rings. The minimum absolute atomic E-state index is 0.119. The fraction of sp³-hybridized carbons (Fsp3) is 0.438. The van der Waals surface area contributed by atoms with E-state index >= 15 is 0 Å². The van der Waals surface area contributed by atoms with Gasteiger partial charge in [0.2, 0.25) is 0 Å². The summed E-state index contributed by atoms with van der Waals surface area (Å²) >= 11 is 0. The molecule has 0 amide bonds. The molecule has 0 saturated heterocycles. The lowest BCUT2D eigenvalue weighted by molar-refractivity contribution is 0.0117. The average Bonchev–Trinajstić information content (AvgIpc) is 2.47. The van der Waals surface area contributed by atoms with Gasteiger partial charge in [0.1, 0.15) is 0 Å². The molecule has 3 N–H and O–H groups in total. The van der Waals surface area contributed by atoms with Gasteiger partial charge < -0.3 is 4.74 Å². The third kappa shape index (κ3) is 3.54. The predicted octanol–water partition coefficient (Wildman–Crippen LogP) is 2.94. The monoisotopic (exact) mass is 273 g/mol. The van der Waals surface area contributed by atoms with E-state index in [1.807, 2.05) is 18.3 Å². The molecule has 1 unspecified atom stereocenters. The maximum atomic E-state index is 5.71. The van der Waals surface area contributed by atoms with Crippen LogP contribution in [0.3, 0.4) is 0 Å². The van der Waals surface area contributed by atoms with Gasteiger partial charge in [-0.2, -0.15) is 0 Å². The van der Waals surface area contributed by atoms with Crippen LogP contribution in [0.5, 0.6) is 0 Å². The molecule has 108 valence electrons. The largest absolute Gasteiger partial charge is 0.379 e. The molecule has 1 heterocycles. The highest BCUT2D eigenvalue weighted by atomic mass is 16.5. The van der Waals surface area contributed by atoms with Gasteiger partial charge in [-0.3, -0.25) is 16.3 Å². The highest BCUT2D eigenvalue weighted by molar-refractivity contribution is 5.79. The molecule has 2 aromatic rings. The van der Waals surface area contributed by atoms with Crippen LogP contribution < -0.4 is 11.3 Å². The molecule has 0 bridgehead atoms. The highest BCUT2D eigenvalue weighted by Gasteiger charge is 2.19. The lowest BCUT2D eigenvalue weighted by atomic mass is 9.94. The molecule has 4 heteroatoms. The third-order valence-electron chi connectivity index (χ3n) is 3.82. The van der Waals surface area contributed by atoms with Crippen molar-refractivity contribution in [3.63, 3.8) is 0 Å². The van der Waals surface area contributed by atoms with Gasteiger partial charge in [0.25, 0.3) is 0 Å². The number of hydrogen-bond acceptors (Lipinski definition) is 4. The Morgan fingerprint density at radius 3 is 2.85 bits per heavy atom. The number of aromatic nitrogens is 1. The summed E-state index contributed by atoms with van der Waals surface area (Å²) in [6, 6.07) is 10.4. The fourth-order valence-electron chi connectivity index (χ4n) is 2.25. The minimum atomic E-state index is -0.131. The Bertz CT molecular complexity index is 568. The first-order valence-electron chi connectivity index (χ1n) is 6.92. The van der Waals surface area contributed by atoms with Crippen LogP contribution in [0.4, 0.5) is 0 Å². The minimum Gasteiger partial charge on any atom is -0.379 e. The first kappa shape index (κ1) is 14.9. The van der Waals surface area contributed by atoms with E-state index in [1.165, 1.54) is 5.56 Å². The van der Waals surface area contributed by atoms with Crippen molar-refractivity contribution >= 4 is 10.9 Å². The van der Waals surface area contributed by atoms with Crippen LogP contribution in [0, 0.1) is 0 Å². The van der Waals surface area contributed by atoms with Gasteiger partial charge in [0.15, 0.2) is 0 Å². The number of fused-ring (bicyclic) bond motifs is 1. The van der Waals surface area contributed by atoms with Crippen LogP contribution in [0.2, 0.25) is 0 Å². The van der Waals surface area contributed by atoms with Gasteiger partial charge in [-0.25, -0.2) is 0 Å². The molecular weight excluding hydrogens is 250 g/mol. The Morgan fingerprint density at radius 2 is 2.15 bits per heavy atom. The normalized spacial score (nSPS) is 13.6. The number of pyridine rings is 1. The third-order valence-corrected chi connectivity index (χ3v) is 3.82. The van der Waals surface area contributed by atoms with E-state index in [9.17, 15) is 0 Å². The van der Waals surface area contributed by atoms with Crippen LogP contribution in [0.1, 0.15) is 38.3 Å². The number of hydrazine groups is 1. The maximum absolute atomic E-state index is 5.71. The van der Waals surface area contributed by atoms with E-state index in [4.69, 9.17) is 10.6 Å². The van der Waals surface area contributed by atoms with Crippen LogP contribution in [0.15, 0.2) is 36.5 Å².